The number of amides is 2. The molecule has 3 aromatic rings. The second-order valence-electron chi connectivity index (χ2n) is 5.94. The zero-order valence-corrected chi connectivity index (χ0v) is 17.3. The Hall–Kier alpha value is -3.29. The van der Waals surface area contributed by atoms with E-state index in [0.29, 0.717) is 39.6 Å². The molecule has 0 radical (unpaired) electrons. The van der Waals surface area contributed by atoms with Crippen LogP contribution in [0.4, 0.5) is 5.69 Å². The first-order chi connectivity index (χ1) is 14.5. The summed E-state index contributed by atoms with van der Waals surface area (Å²) in [7, 11) is 0. The maximum absolute atomic E-state index is 11.9. The van der Waals surface area contributed by atoms with E-state index in [2.05, 4.69) is 15.8 Å². The number of carbonyl (C=O) groups is 2. The Labute approximate surface area is 182 Å². The molecule has 1 aromatic heterocycles. The van der Waals surface area contributed by atoms with Gasteiger partial charge in [-0.3, -0.25) is 9.59 Å². The molecule has 0 unspecified atom stereocenters. The molecule has 2 aromatic carbocycles. The molecule has 9 heteroatoms. The number of ether oxygens (including phenoxy) is 1. The van der Waals surface area contributed by atoms with Gasteiger partial charge in [0.05, 0.1) is 22.9 Å². The number of anilines is 1. The highest BCUT2D eigenvalue weighted by Gasteiger charge is 2.13. The highest BCUT2D eigenvalue weighted by Crippen LogP contribution is 2.29. The van der Waals surface area contributed by atoms with Crippen molar-refractivity contribution in [1.82, 2.24) is 5.43 Å². The van der Waals surface area contributed by atoms with Crippen molar-refractivity contribution in [3.63, 3.8) is 0 Å². The average molecular weight is 446 g/mol. The Kier molecular flexibility index (Phi) is 7.11. The van der Waals surface area contributed by atoms with Crippen molar-refractivity contribution in [3.8, 4) is 17.1 Å². The fourth-order valence-electron chi connectivity index (χ4n) is 2.42. The standard InChI is InChI=1S/C21H17Cl2N3O4/c1-2-29-15-6-4-14(5-7-15)25-20(27)21(28)26-24-12-16-8-10-19(30-16)13-3-9-17(22)18(23)11-13/h3-12H,2H2,1H3,(H,25,27)(H,26,28)/b24-12+. The summed E-state index contributed by atoms with van der Waals surface area (Å²) in [4.78, 5) is 23.8. The number of hydrazone groups is 1. The van der Waals surface area contributed by atoms with Crippen LogP contribution in [-0.2, 0) is 9.59 Å². The van der Waals surface area contributed by atoms with E-state index in [1.165, 1.54) is 6.21 Å². The Bertz CT molecular complexity index is 1080. The van der Waals surface area contributed by atoms with Crippen LogP contribution in [0.3, 0.4) is 0 Å². The Morgan fingerprint density at radius 2 is 1.80 bits per heavy atom. The van der Waals surface area contributed by atoms with Gasteiger partial charge < -0.3 is 14.5 Å². The van der Waals surface area contributed by atoms with Gasteiger partial charge in [-0.15, -0.1) is 0 Å². The maximum atomic E-state index is 11.9. The summed E-state index contributed by atoms with van der Waals surface area (Å²) in [5, 5.41) is 7.06. The molecule has 0 aliphatic heterocycles. The number of nitrogens with one attached hydrogen (secondary N) is 2. The van der Waals surface area contributed by atoms with Crippen molar-refractivity contribution in [2.24, 2.45) is 5.10 Å². The van der Waals surface area contributed by atoms with Crippen molar-refractivity contribution < 1.29 is 18.7 Å². The van der Waals surface area contributed by atoms with E-state index in [9.17, 15) is 9.59 Å². The van der Waals surface area contributed by atoms with E-state index in [-0.39, 0.29) is 0 Å². The SMILES string of the molecule is CCOc1ccc(NC(=O)C(=O)N/N=C/c2ccc(-c3ccc(Cl)c(Cl)c3)o2)cc1. The van der Waals surface area contributed by atoms with E-state index in [0.717, 1.165) is 5.56 Å². The first-order valence-corrected chi connectivity index (χ1v) is 9.64. The van der Waals surface area contributed by atoms with Crippen molar-refractivity contribution in [2.75, 3.05) is 11.9 Å². The van der Waals surface area contributed by atoms with Gasteiger partial charge in [-0.1, -0.05) is 23.2 Å². The minimum absolute atomic E-state index is 0.378. The molecule has 0 atom stereocenters. The van der Waals surface area contributed by atoms with E-state index in [1.807, 2.05) is 6.92 Å². The number of rotatable bonds is 6. The number of hydrogen-bond donors (Lipinski definition) is 2. The molecule has 2 amide bonds. The second-order valence-corrected chi connectivity index (χ2v) is 6.76. The van der Waals surface area contributed by atoms with Gasteiger partial charge in [-0.2, -0.15) is 5.10 Å². The summed E-state index contributed by atoms with van der Waals surface area (Å²) < 4.78 is 10.9. The summed E-state index contributed by atoms with van der Waals surface area (Å²) in [6.45, 7) is 2.41. The third kappa shape index (κ3) is 5.62. The van der Waals surface area contributed by atoms with E-state index in [4.69, 9.17) is 32.4 Å². The zero-order chi connectivity index (χ0) is 21.5. The fourth-order valence-corrected chi connectivity index (χ4v) is 2.72. The van der Waals surface area contributed by atoms with Gasteiger partial charge in [-0.25, -0.2) is 5.43 Å². The molecular formula is C21H17Cl2N3O4. The minimum atomic E-state index is -0.920. The van der Waals surface area contributed by atoms with Crippen LogP contribution in [-0.4, -0.2) is 24.6 Å². The van der Waals surface area contributed by atoms with Crippen LogP contribution in [0.15, 0.2) is 64.1 Å². The lowest BCUT2D eigenvalue weighted by Gasteiger charge is -2.06. The van der Waals surface area contributed by atoms with Crippen molar-refractivity contribution in [3.05, 3.63) is 70.4 Å². The quantitative estimate of drug-likeness (QED) is 0.325. The first kappa shape index (κ1) is 21.4. The highest BCUT2D eigenvalue weighted by atomic mass is 35.5. The van der Waals surface area contributed by atoms with Crippen LogP contribution in [0.1, 0.15) is 12.7 Å². The third-order valence-corrected chi connectivity index (χ3v) is 4.56. The van der Waals surface area contributed by atoms with Gasteiger partial charge in [0.25, 0.3) is 0 Å². The summed E-state index contributed by atoms with van der Waals surface area (Å²) in [6, 6.07) is 15.1. The Morgan fingerprint density at radius 3 is 2.50 bits per heavy atom. The number of benzene rings is 2. The van der Waals surface area contributed by atoms with E-state index >= 15 is 0 Å². The number of hydrogen-bond acceptors (Lipinski definition) is 5. The number of nitrogens with zero attached hydrogens (tertiary/aromatic N) is 1. The molecular weight excluding hydrogens is 429 g/mol. The van der Waals surface area contributed by atoms with Crippen LogP contribution in [0.5, 0.6) is 5.75 Å². The predicted molar refractivity (Wildman–Crippen MR) is 116 cm³/mol. The molecule has 0 fully saturated rings. The fraction of sp³-hybridized carbons (Fsp3) is 0.0952. The summed E-state index contributed by atoms with van der Waals surface area (Å²) >= 11 is 11.9. The van der Waals surface area contributed by atoms with E-state index in [1.54, 1.807) is 54.6 Å². The lowest BCUT2D eigenvalue weighted by molar-refractivity contribution is -0.136. The van der Waals surface area contributed by atoms with E-state index < -0.39 is 11.8 Å². The van der Waals surface area contributed by atoms with Crippen LogP contribution in [0, 0.1) is 0 Å². The molecule has 30 heavy (non-hydrogen) atoms. The van der Waals surface area contributed by atoms with Crippen molar-refractivity contribution in [2.45, 2.75) is 6.92 Å². The molecule has 0 bridgehead atoms. The molecule has 1 heterocycles. The van der Waals surface area contributed by atoms with Gasteiger partial charge in [0.2, 0.25) is 0 Å². The average Bonchev–Trinajstić information content (AvgIpc) is 3.20. The Morgan fingerprint density at radius 1 is 1.03 bits per heavy atom. The number of carbonyl (C=O) groups excluding carboxylic acids is 2. The summed E-state index contributed by atoms with van der Waals surface area (Å²) in [5.74, 6) is -0.176. The van der Waals surface area contributed by atoms with Crippen LogP contribution >= 0.6 is 23.2 Å². The van der Waals surface area contributed by atoms with Gasteiger partial charge in [0, 0.05) is 11.3 Å². The smallest absolute Gasteiger partial charge is 0.329 e. The van der Waals surface area contributed by atoms with Crippen molar-refractivity contribution >= 4 is 46.9 Å². The number of furan rings is 1. The zero-order valence-electron chi connectivity index (χ0n) is 15.8. The summed E-state index contributed by atoms with van der Waals surface area (Å²) in [5.41, 5.74) is 3.34. The Balaban J connectivity index is 1.54. The maximum Gasteiger partial charge on any atom is 0.329 e. The van der Waals surface area contributed by atoms with Gasteiger partial charge in [-0.05, 0) is 61.5 Å². The van der Waals surface area contributed by atoms with Crippen LogP contribution in [0.2, 0.25) is 10.0 Å². The van der Waals surface area contributed by atoms with Gasteiger partial charge in [0.15, 0.2) is 0 Å². The second kappa shape index (κ2) is 9.96. The molecule has 0 aliphatic carbocycles. The normalized spacial score (nSPS) is 10.8. The molecule has 0 aliphatic rings. The molecule has 3 rings (SSSR count). The topological polar surface area (TPSA) is 92.9 Å². The number of halogens is 2. The lowest BCUT2D eigenvalue weighted by atomic mass is 10.2. The molecule has 0 spiro atoms. The third-order valence-electron chi connectivity index (χ3n) is 3.82. The lowest BCUT2D eigenvalue weighted by Crippen LogP contribution is -2.32. The van der Waals surface area contributed by atoms with Crippen LogP contribution < -0.4 is 15.5 Å². The van der Waals surface area contributed by atoms with Crippen LogP contribution in [0.25, 0.3) is 11.3 Å². The molecule has 154 valence electrons. The predicted octanol–water partition coefficient (Wildman–Crippen LogP) is 4.74. The summed E-state index contributed by atoms with van der Waals surface area (Å²) in [6.07, 6.45) is 1.28. The largest absolute Gasteiger partial charge is 0.494 e. The van der Waals surface area contributed by atoms with Gasteiger partial charge in [0.1, 0.15) is 17.3 Å². The molecule has 0 saturated carbocycles. The monoisotopic (exact) mass is 445 g/mol. The molecule has 0 saturated heterocycles. The molecule has 7 nitrogen and oxygen atoms in total. The molecule has 2 N–H and O–H groups in total. The van der Waals surface area contributed by atoms with Gasteiger partial charge >= 0.3 is 11.8 Å². The first-order valence-electron chi connectivity index (χ1n) is 8.88. The van der Waals surface area contributed by atoms with Crippen molar-refractivity contribution in [1.29, 1.82) is 0 Å². The highest BCUT2D eigenvalue weighted by molar-refractivity contribution is 6.42. The minimum Gasteiger partial charge on any atom is -0.494 e.